The molecule has 0 bridgehead atoms. The molecule has 0 saturated heterocycles. The van der Waals surface area contributed by atoms with Gasteiger partial charge in [-0.25, -0.2) is 4.98 Å². The molecule has 8 heteroatoms. The van der Waals surface area contributed by atoms with Gasteiger partial charge in [-0.3, -0.25) is 4.79 Å². The summed E-state index contributed by atoms with van der Waals surface area (Å²) in [7, 11) is 0. The van der Waals surface area contributed by atoms with E-state index in [-0.39, 0.29) is 5.95 Å². The zero-order valence-corrected chi connectivity index (χ0v) is 9.48. The van der Waals surface area contributed by atoms with Crippen molar-refractivity contribution in [1.29, 1.82) is 0 Å². The molecule has 0 aromatic carbocycles. The number of nitrogens with two attached hydrogens (primary N) is 2. The van der Waals surface area contributed by atoms with Gasteiger partial charge in [0.2, 0.25) is 11.9 Å². The van der Waals surface area contributed by atoms with Gasteiger partial charge < -0.3 is 21.8 Å². The van der Waals surface area contributed by atoms with Gasteiger partial charge in [-0.15, -0.1) is 0 Å². The van der Waals surface area contributed by atoms with Gasteiger partial charge in [-0.2, -0.15) is 9.97 Å². The second kappa shape index (κ2) is 3.58. The molecular weight excluding hydrogens is 222 g/mol. The number of nitrogens with zero attached hydrogens (tertiary/aromatic N) is 3. The zero-order chi connectivity index (χ0) is 12.6. The highest BCUT2D eigenvalue weighted by Crippen LogP contribution is 2.20. The van der Waals surface area contributed by atoms with Gasteiger partial charge in [-0.05, 0) is 13.8 Å². The molecule has 0 radical (unpaired) electrons. The van der Waals surface area contributed by atoms with E-state index in [2.05, 4.69) is 25.3 Å². The number of fused-ring (bicyclic) bond motifs is 1. The number of carbonyl (C=O) groups is 1. The lowest BCUT2D eigenvalue weighted by atomic mass is 10.1. The molecule has 0 aliphatic heterocycles. The Morgan fingerprint density at radius 2 is 2.18 bits per heavy atom. The average molecular weight is 235 g/mol. The summed E-state index contributed by atoms with van der Waals surface area (Å²) in [6, 6.07) is 0. The van der Waals surface area contributed by atoms with E-state index in [4.69, 9.17) is 11.5 Å². The molecule has 0 saturated carbocycles. The summed E-state index contributed by atoms with van der Waals surface area (Å²) in [4.78, 5) is 26.0. The number of aromatic nitrogens is 4. The van der Waals surface area contributed by atoms with Gasteiger partial charge in [0.25, 0.3) is 0 Å². The number of primary amides is 1. The monoisotopic (exact) mass is 235 g/mol. The van der Waals surface area contributed by atoms with Crippen LogP contribution >= 0.6 is 0 Å². The van der Waals surface area contributed by atoms with E-state index in [9.17, 15) is 4.79 Å². The van der Waals surface area contributed by atoms with Crippen LogP contribution in [0.4, 0.5) is 11.8 Å². The van der Waals surface area contributed by atoms with Crippen LogP contribution in [-0.4, -0.2) is 31.4 Å². The Bertz CT molecular complexity index is 574. The molecule has 2 rings (SSSR count). The van der Waals surface area contributed by atoms with Gasteiger partial charge >= 0.3 is 0 Å². The van der Waals surface area contributed by atoms with E-state index in [0.717, 1.165) is 0 Å². The normalized spacial score (nSPS) is 11.6. The molecule has 0 spiro atoms. The molecule has 0 fully saturated rings. The van der Waals surface area contributed by atoms with Crippen molar-refractivity contribution in [2.45, 2.75) is 19.4 Å². The van der Waals surface area contributed by atoms with Crippen LogP contribution in [0.25, 0.3) is 11.2 Å². The van der Waals surface area contributed by atoms with Gasteiger partial charge in [0, 0.05) is 0 Å². The van der Waals surface area contributed by atoms with Crippen LogP contribution < -0.4 is 16.8 Å². The second-order valence-corrected chi connectivity index (χ2v) is 4.15. The molecule has 2 heterocycles. The van der Waals surface area contributed by atoms with Gasteiger partial charge in [-0.1, -0.05) is 0 Å². The summed E-state index contributed by atoms with van der Waals surface area (Å²) in [5, 5.41) is 2.91. The van der Waals surface area contributed by atoms with Crippen molar-refractivity contribution < 1.29 is 4.79 Å². The molecule has 90 valence electrons. The van der Waals surface area contributed by atoms with Crippen molar-refractivity contribution in [2.75, 3.05) is 11.1 Å². The predicted octanol–water partition coefficient (Wildman–Crippen LogP) is -0.389. The van der Waals surface area contributed by atoms with Crippen LogP contribution in [0.15, 0.2) is 6.33 Å². The first kappa shape index (κ1) is 11.1. The molecule has 0 aliphatic carbocycles. The Balaban J connectivity index is 2.48. The lowest BCUT2D eigenvalue weighted by Gasteiger charge is -2.22. The Morgan fingerprint density at radius 3 is 2.82 bits per heavy atom. The third kappa shape index (κ3) is 1.96. The first-order chi connectivity index (χ1) is 7.90. The molecule has 17 heavy (non-hydrogen) atoms. The number of nitrogen functional groups attached to an aromatic ring is 1. The average Bonchev–Trinajstić information content (AvgIpc) is 2.64. The summed E-state index contributed by atoms with van der Waals surface area (Å²) in [6.45, 7) is 3.30. The van der Waals surface area contributed by atoms with Crippen molar-refractivity contribution in [3.8, 4) is 0 Å². The molecule has 0 atom stereocenters. The molecule has 1 amide bonds. The standard InChI is InChI=1S/C9H13N7O/c1-9(2,7(10)17)16-6-4-5(13-3-12-4)14-8(11)15-6/h3H,1-2H3,(H2,10,17)(H4,11,12,13,14,15,16). The smallest absolute Gasteiger partial charge is 0.242 e. The number of imidazole rings is 1. The lowest BCUT2D eigenvalue weighted by molar-refractivity contribution is -0.121. The Labute approximate surface area is 96.8 Å². The zero-order valence-electron chi connectivity index (χ0n) is 9.48. The van der Waals surface area contributed by atoms with Crippen LogP contribution in [0.5, 0.6) is 0 Å². The fourth-order valence-electron chi connectivity index (χ4n) is 1.30. The number of rotatable bonds is 3. The van der Waals surface area contributed by atoms with E-state index in [1.54, 1.807) is 13.8 Å². The van der Waals surface area contributed by atoms with Crippen molar-refractivity contribution in [3.63, 3.8) is 0 Å². The number of anilines is 2. The van der Waals surface area contributed by atoms with Crippen LogP contribution in [0, 0.1) is 0 Å². The number of aromatic amines is 1. The molecular formula is C9H13N7O. The fourth-order valence-corrected chi connectivity index (χ4v) is 1.30. The van der Waals surface area contributed by atoms with Gasteiger partial charge in [0.15, 0.2) is 11.5 Å². The number of nitrogens with one attached hydrogen (secondary N) is 2. The van der Waals surface area contributed by atoms with E-state index >= 15 is 0 Å². The SMILES string of the molecule is CC(C)(Nc1nc(N)nc2nc[nH]c12)C(N)=O. The quantitative estimate of drug-likeness (QED) is 0.572. The third-order valence-electron chi connectivity index (χ3n) is 2.35. The molecule has 6 N–H and O–H groups in total. The minimum absolute atomic E-state index is 0.0763. The maximum atomic E-state index is 11.2. The second-order valence-electron chi connectivity index (χ2n) is 4.15. The van der Waals surface area contributed by atoms with E-state index in [0.29, 0.717) is 17.0 Å². The Kier molecular flexibility index (Phi) is 2.34. The minimum Gasteiger partial charge on any atom is -0.368 e. The largest absolute Gasteiger partial charge is 0.368 e. The molecule has 8 nitrogen and oxygen atoms in total. The topological polar surface area (TPSA) is 136 Å². The highest BCUT2D eigenvalue weighted by atomic mass is 16.1. The first-order valence-corrected chi connectivity index (χ1v) is 4.95. The Hall–Kier alpha value is -2.38. The van der Waals surface area contributed by atoms with Crippen molar-refractivity contribution in [2.24, 2.45) is 5.73 Å². The maximum Gasteiger partial charge on any atom is 0.242 e. The van der Waals surface area contributed by atoms with Crippen LogP contribution in [0.1, 0.15) is 13.8 Å². The van der Waals surface area contributed by atoms with Crippen LogP contribution in [0.2, 0.25) is 0 Å². The van der Waals surface area contributed by atoms with Crippen LogP contribution in [-0.2, 0) is 4.79 Å². The van der Waals surface area contributed by atoms with Crippen molar-refractivity contribution >= 4 is 28.8 Å². The highest BCUT2D eigenvalue weighted by molar-refractivity contribution is 5.90. The fraction of sp³-hybridized carbons (Fsp3) is 0.333. The number of hydrogen-bond donors (Lipinski definition) is 4. The summed E-state index contributed by atoms with van der Waals surface area (Å²) in [5.41, 5.74) is 10.9. The maximum absolute atomic E-state index is 11.2. The van der Waals surface area contributed by atoms with E-state index < -0.39 is 11.4 Å². The summed E-state index contributed by atoms with van der Waals surface area (Å²) < 4.78 is 0. The molecule has 0 unspecified atom stereocenters. The minimum atomic E-state index is -0.946. The number of hydrogen-bond acceptors (Lipinski definition) is 6. The van der Waals surface area contributed by atoms with Gasteiger partial charge in [0.05, 0.1) is 6.33 Å². The number of amides is 1. The summed E-state index contributed by atoms with van der Waals surface area (Å²) >= 11 is 0. The number of H-pyrrole nitrogens is 1. The predicted molar refractivity (Wildman–Crippen MR) is 63.0 cm³/mol. The molecule has 0 aliphatic rings. The molecule has 2 aromatic heterocycles. The van der Waals surface area contributed by atoms with E-state index in [1.165, 1.54) is 6.33 Å². The van der Waals surface area contributed by atoms with E-state index in [1.807, 2.05) is 0 Å². The summed E-state index contributed by atoms with van der Waals surface area (Å²) in [5.74, 6) is -0.0245. The number of carbonyl (C=O) groups excluding carboxylic acids is 1. The molecule has 2 aromatic rings. The van der Waals surface area contributed by atoms with Crippen molar-refractivity contribution in [3.05, 3.63) is 6.33 Å². The van der Waals surface area contributed by atoms with Crippen molar-refractivity contribution in [1.82, 2.24) is 19.9 Å². The first-order valence-electron chi connectivity index (χ1n) is 4.95. The van der Waals surface area contributed by atoms with Crippen LogP contribution in [0.3, 0.4) is 0 Å². The van der Waals surface area contributed by atoms with Gasteiger partial charge in [0.1, 0.15) is 11.1 Å². The Morgan fingerprint density at radius 1 is 1.47 bits per heavy atom. The highest BCUT2D eigenvalue weighted by Gasteiger charge is 2.26. The summed E-state index contributed by atoms with van der Waals surface area (Å²) in [6.07, 6.45) is 1.47. The third-order valence-corrected chi connectivity index (χ3v) is 2.35. The lowest BCUT2D eigenvalue weighted by Crippen LogP contribution is -2.45.